The minimum absolute atomic E-state index is 0.0891. The van der Waals surface area contributed by atoms with Crippen LogP contribution >= 0.6 is 0 Å². The second-order valence-electron chi connectivity index (χ2n) is 6.28. The summed E-state index contributed by atoms with van der Waals surface area (Å²) in [6.45, 7) is 10.1. The van der Waals surface area contributed by atoms with E-state index in [1.54, 1.807) is 0 Å². The number of rotatable bonds is 5. The van der Waals surface area contributed by atoms with Crippen molar-refractivity contribution in [3.05, 3.63) is 18.2 Å². The van der Waals surface area contributed by atoms with Gasteiger partial charge in [0.2, 0.25) is 5.75 Å². The maximum atomic E-state index is 5.97. The van der Waals surface area contributed by atoms with Gasteiger partial charge in [-0.25, -0.2) is 0 Å². The van der Waals surface area contributed by atoms with Crippen LogP contribution in [0.3, 0.4) is 0 Å². The molecule has 106 valence electrons. The van der Waals surface area contributed by atoms with E-state index >= 15 is 0 Å². The first kappa shape index (κ1) is 14.0. The number of ether oxygens (including phenoxy) is 3. The zero-order valence-corrected chi connectivity index (χ0v) is 12.5. The lowest BCUT2D eigenvalue weighted by Crippen LogP contribution is -2.23. The van der Waals surface area contributed by atoms with E-state index in [0.29, 0.717) is 6.10 Å². The minimum Gasteiger partial charge on any atom is -0.486 e. The molecule has 1 aliphatic rings. The van der Waals surface area contributed by atoms with Crippen LogP contribution in [0, 0.1) is 0 Å². The summed E-state index contributed by atoms with van der Waals surface area (Å²) in [6, 6.07) is 5.83. The van der Waals surface area contributed by atoms with Gasteiger partial charge in [-0.3, -0.25) is 0 Å². The molecule has 0 amide bonds. The molecule has 0 atom stereocenters. The van der Waals surface area contributed by atoms with Crippen LogP contribution in [-0.4, -0.2) is 17.8 Å². The molecule has 1 saturated carbocycles. The van der Waals surface area contributed by atoms with Crippen LogP contribution in [0.1, 0.15) is 47.5 Å². The quantitative estimate of drug-likeness (QED) is 0.798. The van der Waals surface area contributed by atoms with E-state index in [-0.39, 0.29) is 11.7 Å². The standard InChI is InChI=1S/C16H24O3/c1-11(2)17-15-13(18-12-9-10-12)7-6-8-14(15)19-16(3,4)5/h6-8,11-12H,9-10H2,1-5H3. The lowest BCUT2D eigenvalue weighted by Gasteiger charge is -2.25. The summed E-state index contributed by atoms with van der Waals surface area (Å²) < 4.78 is 17.8. The summed E-state index contributed by atoms with van der Waals surface area (Å²) >= 11 is 0. The van der Waals surface area contributed by atoms with Gasteiger partial charge in [-0.2, -0.15) is 0 Å². The van der Waals surface area contributed by atoms with Crippen molar-refractivity contribution in [1.29, 1.82) is 0 Å². The van der Waals surface area contributed by atoms with Crippen molar-refractivity contribution in [3.8, 4) is 17.2 Å². The molecule has 1 aliphatic carbocycles. The molecule has 0 bridgehead atoms. The molecule has 0 unspecified atom stereocenters. The fourth-order valence-corrected chi connectivity index (χ4v) is 1.72. The number of benzene rings is 1. The van der Waals surface area contributed by atoms with Crippen molar-refractivity contribution < 1.29 is 14.2 Å². The van der Waals surface area contributed by atoms with Crippen LogP contribution in [0.5, 0.6) is 17.2 Å². The van der Waals surface area contributed by atoms with Gasteiger partial charge in [0.05, 0.1) is 12.2 Å². The van der Waals surface area contributed by atoms with Crippen LogP contribution in [0.15, 0.2) is 18.2 Å². The monoisotopic (exact) mass is 264 g/mol. The molecule has 1 aromatic rings. The maximum absolute atomic E-state index is 5.97. The largest absolute Gasteiger partial charge is 0.486 e. The Balaban J connectivity index is 2.28. The summed E-state index contributed by atoms with van der Waals surface area (Å²) in [5.41, 5.74) is -0.257. The van der Waals surface area contributed by atoms with Crippen molar-refractivity contribution in [2.45, 2.75) is 65.3 Å². The SMILES string of the molecule is CC(C)Oc1c(OC2CC2)cccc1OC(C)(C)C. The molecule has 2 rings (SSSR count). The number of hydrogen-bond acceptors (Lipinski definition) is 3. The predicted molar refractivity (Wildman–Crippen MR) is 76.2 cm³/mol. The van der Waals surface area contributed by atoms with Gasteiger partial charge in [0, 0.05) is 0 Å². The fraction of sp³-hybridized carbons (Fsp3) is 0.625. The van der Waals surface area contributed by atoms with E-state index in [1.165, 1.54) is 0 Å². The van der Waals surface area contributed by atoms with Gasteiger partial charge < -0.3 is 14.2 Å². The highest BCUT2D eigenvalue weighted by Crippen LogP contribution is 2.42. The first-order valence-electron chi connectivity index (χ1n) is 7.00. The first-order valence-corrected chi connectivity index (χ1v) is 7.00. The molecule has 0 radical (unpaired) electrons. The predicted octanol–water partition coefficient (Wildman–Crippen LogP) is 4.19. The van der Waals surface area contributed by atoms with E-state index in [9.17, 15) is 0 Å². The maximum Gasteiger partial charge on any atom is 0.203 e. The highest BCUT2D eigenvalue weighted by Gasteiger charge is 2.27. The Morgan fingerprint density at radius 1 is 1.11 bits per heavy atom. The molecule has 1 aromatic carbocycles. The molecule has 1 fully saturated rings. The smallest absolute Gasteiger partial charge is 0.203 e. The molecular weight excluding hydrogens is 240 g/mol. The summed E-state index contributed by atoms with van der Waals surface area (Å²) in [5, 5.41) is 0. The van der Waals surface area contributed by atoms with Crippen LogP contribution in [0.2, 0.25) is 0 Å². The zero-order chi connectivity index (χ0) is 14.0. The lowest BCUT2D eigenvalue weighted by molar-refractivity contribution is 0.117. The lowest BCUT2D eigenvalue weighted by atomic mass is 10.2. The van der Waals surface area contributed by atoms with E-state index in [2.05, 4.69) is 0 Å². The third-order valence-corrected chi connectivity index (χ3v) is 2.53. The zero-order valence-electron chi connectivity index (χ0n) is 12.5. The summed E-state index contributed by atoms with van der Waals surface area (Å²) in [6.07, 6.45) is 2.70. The molecule has 0 saturated heterocycles. The van der Waals surface area contributed by atoms with Gasteiger partial charge in [0.15, 0.2) is 11.5 Å². The fourth-order valence-electron chi connectivity index (χ4n) is 1.72. The van der Waals surface area contributed by atoms with Crippen LogP contribution in [0.4, 0.5) is 0 Å². The summed E-state index contributed by atoms with van der Waals surface area (Å²) in [5.74, 6) is 2.26. The van der Waals surface area contributed by atoms with Crippen LogP contribution in [0.25, 0.3) is 0 Å². The van der Waals surface area contributed by atoms with Gasteiger partial charge in [-0.1, -0.05) is 6.07 Å². The van der Waals surface area contributed by atoms with Crippen molar-refractivity contribution in [2.24, 2.45) is 0 Å². The van der Waals surface area contributed by atoms with Gasteiger partial charge in [-0.15, -0.1) is 0 Å². The summed E-state index contributed by atoms with van der Waals surface area (Å²) in [4.78, 5) is 0. The van der Waals surface area contributed by atoms with Crippen molar-refractivity contribution in [1.82, 2.24) is 0 Å². The number of hydrogen-bond donors (Lipinski definition) is 0. The Bertz CT molecular complexity index is 428. The Labute approximate surface area is 115 Å². The van der Waals surface area contributed by atoms with Gasteiger partial charge in [0.25, 0.3) is 0 Å². The topological polar surface area (TPSA) is 27.7 Å². The molecular formula is C16H24O3. The molecule has 3 nitrogen and oxygen atoms in total. The number of para-hydroxylation sites is 1. The Morgan fingerprint density at radius 3 is 2.26 bits per heavy atom. The molecule has 3 heteroatoms. The van der Waals surface area contributed by atoms with Gasteiger partial charge >= 0.3 is 0 Å². The van der Waals surface area contributed by atoms with Gasteiger partial charge in [0.1, 0.15) is 5.60 Å². The van der Waals surface area contributed by atoms with E-state index < -0.39 is 0 Å². The molecule has 0 heterocycles. The highest BCUT2D eigenvalue weighted by molar-refractivity contribution is 5.51. The molecule has 0 aromatic heterocycles. The third kappa shape index (κ3) is 4.34. The minimum atomic E-state index is -0.257. The molecule has 19 heavy (non-hydrogen) atoms. The third-order valence-electron chi connectivity index (χ3n) is 2.53. The van der Waals surface area contributed by atoms with Crippen molar-refractivity contribution in [2.75, 3.05) is 0 Å². The van der Waals surface area contributed by atoms with E-state index in [4.69, 9.17) is 14.2 Å². The second-order valence-corrected chi connectivity index (χ2v) is 6.28. The first-order chi connectivity index (χ1) is 8.85. The van der Waals surface area contributed by atoms with Crippen molar-refractivity contribution >= 4 is 0 Å². The van der Waals surface area contributed by atoms with Gasteiger partial charge in [-0.05, 0) is 59.6 Å². The average Bonchev–Trinajstić information content (AvgIpc) is 3.04. The van der Waals surface area contributed by atoms with Crippen LogP contribution in [-0.2, 0) is 0 Å². The molecule has 0 N–H and O–H groups in total. The van der Waals surface area contributed by atoms with Crippen molar-refractivity contribution in [3.63, 3.8) is 0 Å². The van der Waals surface area contributed by atoms with E-state index in [1.807, 2.05) is 52.8 Å². The average molecular weight is 264 g/mol. The van der Waals surface area contributed by atoms with E-state index in [0.717, 1.165) is 30.1 Å². The second kappa shape index (κ2) is 5.32. The normalized spacial score (nSPS) is 15.5. The Kier molecular flexibility index (Phi) is 3.93. The molecule has 0 spiro atoms. The molecule has 0 aliphatic heterocycles. The highest BCUT2D eigenvalue weighted by atomic mass is 16.6. The summed E-state index contributed by atoms with van der Waals surface area (Å²) in [7, 11) is 0. The van der Waals surface area contributed by atoms with Crippen LogP contribution < -0.4 is 14.2 Å². The Hall–Kier alpha value is -1.38. The Morgan fingerprint density at radius 2 is 1.74 bits per heavy atom.